The average Bonchev–Trinajstić information content (AvgIpc) is 2.68. The van der Waals surface area contributed by atoms with Gasteiger partial charge in [0.05, 0.1) is 6.61 Å². The summed E-state index contributed by atoms with van der Waals surface area (Å²) < 4.78 is 14.2. The molecule has 28 heavy (non-hydrogen) atoms. The molecule has 0 saturated heterocycles. The zero-order valence-corrected chi connectivity index (χ0v) is 16.2. The number of phosphoric acid groups is 1. The van der Waals surface area contributed by atoms with Gasteiger partial charge in [0.2, 0.25) is 5.60 Å². The van der Waals surface area contributed by atoms with E-state index in [-0.39, 0.29) is 0 Å². The normalized spacial score (nSPS) is 11.8. The quantitative estimate of drug-likeness (QED) is 0.386. The fourth-order valence-electron chi connectivity index (χ4n) is 1.63. The number of phosphoric ester groups is 1. The average molecular weight is 414 g/mol. The largest absolute Gasteiger partial charge is 0.469 e. The van der Waals surface area contributed by atoms with Crippen molar-refractivity contribution in [3.8, 4) is 0 Å². The number of aliphatic hydroxyl groups excluding tert-OH is 1. The third kappa shape index (κ3) is 10.7. The Morgan fingerprint density at radius 2 is 1.29 bits per heavy atom. The van der Waals surface area contributed by atoms with E-state index in [0.717, 1.165) is 13.8 Å². The van der Waals surface area contributed by atoms with Crippen molar-refractivity contribution in [2.75, 3.05) is 6.61 Å². The van der Waals surface area contributed by atoms with E-state index >= 15 is 0 Å². The van der Waals surface area contributed by atoms with Crippen molar-refractivity contribution in [2.24, 2.45) is 0 Å². The van der Waals surface area contributed by atoms with Crippen LogP contribution in [-0.2, 0) is 18.7 Å². The lowest BCUT2D eigenvalue weighted by molar-refractivity contribution is -0.163. The Hall–Kier alpha value is -2.33. The van der Waals surface area contributed by atoms with E-state index in [1.54, 1.807) is 24.8 Å². The first-order valence-corrected chi connectivity index (χ1v) is 9.37. The summed E-state index contributed by atoms with van der Waals surface area (Å²) in [4.78, 5) is 46.2. The van der Waals surface area contributed by atoms with E-state index in [2.05, 4.69) is 14.5 Å². The molecule has 0 aliphatic rings. The molecule has 2 aromatic rings. The van der Waals surface area contributed by atoms with Gasteiger partial charge < -0.3 is 20.0 Å². The smallest absolute Gasteiger partial charge is 0.387 e. The van der Waals surface area contributed by atoms with Gasteiger partial charge in [0, 0.05) is 24.8 Å². The maximum absolute atomic E-state index is 11.0. The van der Waals surface area contributed by atoms with E-state index in [1.807, 2.05) is 36.4 Å². The van der Waals surface area contributed by atoms with Crippen molar-refractivity contribution < 1.29 is 38.7 Å². The third-order valence-corrected chi connectivity index (χ3v) is 3.57. The molecule has 2 rings (SSSR count). The Balaban J connectivity index is 0.000000485. The maximum atomic E-state index is 11.0. The molecule has 0 radical (unpaired) electrons. The predicted molar refractivity (Wildman–Crippen MR) is 98.8 cm³/mol. The van der Waals surface area contributed by atoms with Crippen LogP contribution in [0.25, 0.3) is 0 Å². The summed E-state index contributed by atoms with van der Waals surface area (Å²) in [6.45, 7) is 0.685. The van der Waals surface area contributed by atoms with Gasteiger partial charge in [-0.2, -0.15) is 0 Å². The highest BCUT2D eigenvalue weighted by Gasteiger charge is 2.46. The summed E-state index contributed by atoms with van der Waals surface area (Å²) in [7, 11) is -4.84. The van der Waals surface area contributed by atoms with Gasteiger partial charge in [0.25, 0.3) is 0 Å². The Labute approximate surface area is 162 Å². The van der Waals surface area contributed by atoms with Crippen LogP contribution in [0, 0.1) is 0 Å². The fourth-order valence-corrected chi connectivity index (χ4v) is 1.97. The zero-order chi connectivity index (χ0) is 21.6. The predicted octanol–water partition coefficient (Wildman–Crippen LogP) is 0.529. The van der Waals surface area contributed by atoms with E-state index in [0.29, 0.717) is 0 Å². The molecule has 1 atom stereocenters. The summed E-state index contributed by atoms with van der Waals surface area (Å²) in [5.74, 6) is -2.08. The van der Waals surface area contributed by atoms with E-state index in [4.69, 9.17) is 9.79 Å². The van der Waals surface area contributed by atoms with Crippen molar-refractivity contribution >= 4 is 19.4 Å². The molecule has 0 fully saturated rings. The number of pyridine rings is 2. The molecule has 0 spiro atoms. The Kier molecular flexibility index (Phi) is 11.9. The minimum Gasteiger partial charge on any atom is -0.387 e. The SMILES string of the molecule is CC(=O)C(O)(C(C)=O)C(O)COP(=O)(O)O.c1ccncc1.c1ccncc1. The molecule has 0 amide bonds. The van der Waals surface area contributed by atoms with Gasteiger partial charge in [0.15, 0.2) is 11.6 Å². The van der Waals surface area contributed by atoms with Gasteiger partial charge >= 0.3 is 7.82 Å². The Morgan fingerprint density at radius 1 is 0.929 bits per heavy atom. The maximum Gasteiger partial charge on any atom is 0.469 e. The minimum atomic E-state index is -4.84. The van der Waals surface area contributed by atoms with Gasteiger partial charge in [-0.3, -0.25) is 24.1 Å². The number of hydrogen-bond acceptors (Lipinski definition) is 8. The standard InChI is InChI=1S/C7H13O8P.2C5H5N/c1-4(8)7(11,5(2)9)6(10)3-15-16(12,13)14;2*1-2-4-6-5-3-1/h6,10-11H,3H2,1-2H3,(H2,12,13,14);2*1-5H. The molecule has 0 aliphatic heterocycles. The molecule has 2 heterocycles. The molecule has 0 bridgehead atoms. The van der Waals surface area contributed by atoms with E-state index in [1.165, 1.54) is 0 Å². The topological polar surface area (TPSA) is 167 Å². The lowest BCUT2D eigenvalue weighted by Crippen LogP contribution is -2.55. The first kappa shape index (κ1) is 25.7. The van der Waals surface area contributed by atoms with Gasteiger partial charge in [-0.15, -0.1) is 0 Å². The van der Waals surface area contributed by atoms with Gasteiger partial charge in [-0.1, -0.05) is 12.1 Å². The van der Waals surface area contributed by atoms with Crippen LogP contribution in [0.5, 0.6) is 0 Å². The number of ketones is 2. The summed E-state index contributed by atoms with van der Waals surface area (Å²) >= 11 is 0. The molecular formula is C17H23N2O8P. The third-order valence-electron chi connectivity index (χ3n) is 3.09. The first-order valence-electron chi connectivity index (χ1n) is 7.84. The molecule has 11 heteroatoms. The molecule has 0 saturated carbocycles. The summed E-state index contributed by atoms with van der Waals surface area (Å²) in [5, 5.41) is 18.9. The van der Waals surface area contributed by atoms with Crippen molar-refractivity contribution in [3.05, 3.63) is 61.2 Å². The van der Waals surface area contributed by atoms with Crippen LogP contribution in [0.2, 0.25) is 0 Å². The zero-order valence-electron chi connectivity index (χ0n) is 15.3. The van der Waals surface area contributed by atoms with Crippen LogP contribution in [0.15, 0.2) is 61.2 Å². The lowest BCUT2D eigenvalue weighted by atomic mass is 9.89. The number of aromatic nitrogens is 2. The molecule has 0 aliphatic carbocycles. The number of aliphatic hydroxyl groups is 2. The van der Waals surface area contributed by atoms with E-state index < -0.39 is 37.7 Å². The number of carbonyl (C=O) groups excluding carboxylic acids is 2. The molecule has 0 aromatic carbocycles. The van der Waals surface area contributed by atoms with Gasteiger partial charge in [-0.05, 0) is 38.1 Å². The number of nitrogens with zero attached hydrogens (tertiary/aromatic N) is 2. The molecular weight excluding hydrogens is 391 g/mol. The van der Waals surface area contributed by atoms with Gasteiger partial charge in [0.1, 0.15) is 6.10 Å². The highest BCUT2D eigenvalue weighted by molar-refractivity contribution is 7.46. The molecule has 10 nitrogen and oxygen atoms in total. The fraction of sp³-hybridized carbons (Fsp3) is 0.294. The van der Waals surface area contributed by atoms with Crippen molar-refractivity contribution in [1.29, 1.82) is 0 Å². The van der Waals surface area contributed by atoms with Crippen LogP contribution in [0.4, 0.5) is 0 Å². The van der Waals surface area contributed by atoms with Crippen LogP contribution in [0.1, 0.15) is 13.8 Å². The number of Topliss-reactive ketones (excluding diaryl/α,β-unsaturated/α-hetero) is 2. The van der Waals surface area contributed by atoms with Crippen LogP contribution in [-0.4, -0.2) is 59.8 Å². The highest BCUT2D eigenvalue weighted by atomic mass is 31.2. The second kappa shape index (κ2) is 12.9. The Morgan fingerprint density at radius 3 is 1.46 bits per heavy atom. The van der Waals surface area contributed by atoms with Crippen LogP contribution < -0.4 is 0 Å². The summed E-state index contributed by atoms with van der Waals surface area (Å²) in [6.07, 6.45) is 4.95. The minimum absolute atomic E-state index is 0.863. The van der Waals surface area contributed by atoms with Crippen molar-refractivity contribution in [1.82, 2.24) is 9.97 Å². The Bertz CT molecular complexity index is 640. The molecule has 1 unspecified atom stereocenters. The lowest BCUT2D eigenvalue weighted by Gasteiger charge is -2.27. The molecule has 4 N–H and O–H groups in total. The summed E-state index contributed by atoms with van der Waals surface area (Å²) in [5.41, 5.74) is -2.71. The van der Waals surface area contributed by atoms with Gasteiger partial charge in [-0.25, -0.2) is 4.57 Å². The van der Waals surface area contributed by atoms with E-state index in [9.17, 15) is 24.4 Å². The number of hydrogen-bond donors (Lipinski definition) is 4. The second-order valence-corrected chi connectivity index (χ2v) is 6.47. The van der Waals surface area contributed by atoms with Crippen LogP contribution >= 0.6 is 7.82 Å². The second-order valence-electron chi connectivity index (χ2n) is 5.23. The first-order chi connectivity index (χ1) is 13.0. The molecule has 154 valence electrons. The van der Waals surface area contributed by atoms with Crippen LogP contribution in [0.3, 0.4) is 0 Å². The number of carbonyl (C=O) groups is 2. The molecule has 2 aromatic heterocycles. The van der Waals surface area contributed by atoms with Crippen molar-refractivity contribution in [3.63, 3.8) is 0 Å². The monoisotopic (exact) mass is 414 g/mol. The number of rotatable bonds is 6. The highest BCUT2D eigenvalue weighted by Crippen LogP contribution is 2.36. The van der Waals surface area contributed by atoms with Crippen molar-refractivity contribution in [2.45, 2.75) is 25.6 Å². The summed E-state index contributed by atoms with van der Waals surface area (Å²) in [6, 6.07) is 11.4.